The molecule has 8 nitrogen and oxygen atoms in total. The monoisotopic (exact) mass is 505 g/mol. The van der Waals surface area contributed by atoms with Crippen molar-refractivity contribution in [1.29, 1.82) is 0 Å². The summed E-state index contributed by atoms with van der Waals surface area (Å²) in [6.07, 6.45) is 3.87. The summed E-state index contributed by atoms with van der Waals surface area (Å²) in [5.41, 5.74) is 7.62. The average molecular weight is 506 g/mol. The number of carbonyl (C=O) groups excluding carboxylic acids is 2. The second-order valence-electron chi connectivity index (χ2n) is 9.81. The van der Waals surface area contributed by atoms with Gasteiger partial charge >= 0.3 is 6.03 Å². The lowest BCUT2D eigenvalue weighted by Gasteiger charge is -2.39. The molecule has 0 spiro atoms. The van der Waals surface area contributed by atoms with Gasteiger partial charge in [0.25, 0.3) is 5.91 Å². The fourth-order valence-electron chi connectivity index (χ4n) is 4.95. The molecule has 0 aromatic heterocycles. The zero-order chi connectivity index (χ0) is 25.5. The standard InChI is InChI=1S/C26H40ClN5O3/c1-5-31(16-18(2)3)26(34)32-12-6-19(7-13-32)17-30-10-8-20(9-11-30)29-25(33)21-14-22(27)23(28)15-24(21)35-4/h14-15,19-20H,2,5-13,16-17,28H2,1,3-4H3,(H,29,33). The maximum absolute atomic E-state index is 12.8. The average Bonchev–Trinajstić information content (AvgIpc) is 2.85. The molecule has 1 aromatic carbocycles. The van der Waals surface area contributed by atoms with Gasteiger partial charge in [-0.25, -0.2) is 4.79 Å². The van der Waals surface area contributed by atoms with Crippen molar-refractivity contribution in [2.75, 3.05) is 58.7 Å². The number of anilines is 1. The lowest BCUT2D eigenvalue weighted by atomic mass is 9.94. The molecule has 2 aliphatic rings. The number of likely N-dealkylation sites (tertiary alicyclic amines) is 2. The van der Waals surface area contributed by atoms with Crippen molar-refractivity contribution in [2.45, 2.75) is 45.6 Å². The third kappa shape index (κ3) is 7.27. The Hall–Kier alpha value is -2.45. The van der Waals surface area contributed by atoms with Crippen LogP contribution in [0.15, 0.2) is 24.3 Å². The quantitative estimate of drug-likeness (QED) is 0.413. The van der Waals surface area contributed by atoms with Crippen molar-refractivity contribution in [2.24, 2.45) is 5.92 Å². The lowest BCUT2D eigenvalue weighted by molar-refractivity contribution is 0.0885. The first-order chi connectivity index (χ1) is 16.7. The number of halogens is 1. The summed E-state index contributed by atoms with van der Waals surface area (Å²) < 4.78 is 5.31. The van der Waals surface area contributed by atoms with Gasteiger partial charge in [-0.2, -0.15) is 0 Å². The van der Waals surface area contributed by atoms with Gasteiger partial charge in [-0.3, -0.25) is 4.79 Å². The van der Waals surface area contributed by atoms with Gasteiger partial charge in [0.05, 0.1) is 23.4 Å². The SMILES string of the molecule is C=C(C)CN(CC)C(=O)N1CCC(CN2CCC(NC(=O)c3cc(Cl)c(N)cc3OC)CC2)CC1. The van der Waals surface area contributed by atoms with Crippen molar-refractivity contribution in [3.63, 3.8) is 0 Å². The van der Waals surface area contributed by atoms with Crippen molar-refractivity contribution >= 4 is 29.2 Å². The van der Waals surface area contributed by atoms with Crippen molar-refractivity contribution < 1.29 is 14.3 Å². The topological polar surface area (TPSA) is 91.1 Å². The smallest absolute Gasteiger partial charge is 0.320 e. The van der Waals surface area contributed by atoms with Crippen LogP contribution < -0.4 is 15.8 Å². The number of methoxy groups -OCH3 is 1. The summed E-state index contributed by atoms with van der Waals surface area (Å²) in [5, 5.41) is 3.47. The van der Waals surface area contributed by atoms with Gasteiger partial charge in [-0.15, -0.1) is 0 Å². The van der Waals surface area contributed by atoms with Crippen LogP contribution >= 0.6 is 11.6 Å². The molecule has 2 heterocycles. The molecule has 0 radical (unpaired) electrons. The van der Waals surface area contributed by atoms with Gasteiger partial charge < -0.3 is 30.5 Å². The van der Waals surface area contributed by atoms with E-state index in [1.54, 1.807) is 12.1 Å². The summed E-state index contributed by atoms with van der Waals surface area (Å²) in [6.45, 7) is 13.8. The Balaban J connectivity index is 1.42. The van der Waals surface area contributed by atoms with Crippen LogP contribution in [0, 0.1) is 5.92 Å². The van der Waals surface area contributed by atoms with E-state index in [1.165, 1.54) is 7.11 Å². The predicted octanol–water partition coefficient (Wildman–Crippen LogP) is 3.86. The van der Waals surface area contributed by atoms with Gasteiger partial charge in [-0.05, 0) is 51.5 Å². The van der Waals surface area contributed by atoms with Gasteiger partial charge in [0.15, 0.2) is 0 Å². The van der Waals surface area contributed by atoms with Crippen molar-refractivity contribution in [3.8, 4) is 5.75 Å². The zero-order valence-corrected chi connectivity index (χ0v) is 22.1. The van der Waals surface area contributed by atoms with Crippen molar-refractivity contribution in [3.05, 3.63) is 34.9 Å². The molecule has 2 aliphatic heterocycles. The molecule has 0 bridgehead atoms. The highest BCUT2D eigenvalue weighted by atomic mass is 35.5. The number of hydrogen-bond donors (Lipinski definition) is 2. The number of benzene rings is 1. The molecule has 3 rings (SSSR count). The molecule has 194 valence electrons. The third-order valence-corrected chi connectivity index (χ3v) is 7.33. The van der Waals surface area contributed by atoms with Gasteiger partial charge in [0, 0.05) is 57.9 Å². The maximum atomic E-state index is 12.8. The molecule has 1 aromatic rings. The Labute approximate surface area is 214 Å². The molecule has 35 heavy (non-hydrogen) atoms. The fraction of sp³-hybridized carbons (Fsp3) is 0.615. The second-order valence-corrected chi connectivity index (χ2v) is 10.2. The van der Waals surface area contributed by atoms with Gasteiger partial charge in [-0.1, -0.05) is 23.8 Å². The Morgan fingerprint density at radius 2 is 1.86 bits per heavy atom. The van der Waals surface area contributed by atoms with Crippen LogP contribution in [0.2, 0.25) is 5.02 Å². The van der Waals surface area contributed by atoms with Crippen LogP contribution in [0.3, 0.4) is 0 Å². The molecular formula is C26H40ClN5O3. The minimum Gasteiger partial charge on any atom is -0.496 e. The normalized spacial score (nSPS) is 17.8. The number of amides is 3. The Kier molecular flexibility index (Phi) is 9.69. The number of nitrogens with two attached hydrogens (primary N) is 1. The molecule has 2 fully saturated rings. The van der Waals surface area contributed by atoms with Crippen LogP contribution in [-0.2, 0) is 0 Å². The van der Waals surface area contributed by atoms with E-state index in [9.17, 15) is 9.59 Å². The molecule has 9 heteroatoms. The largest absolute Gasteiger partial charge is 0.496 e. The van der Waals surface area contributed by atoms with Crippen molar-refractivity contribution in [1.82, 2.24) is 20.0 Å². The van der Waals surface area contributed by atoms with E-state index < -0.39 is 0 Å². The van der Waals surface area contributed by atoms with E-state index in [0.717, 1.165) is 64.0 Å². The number of hydrogen-bond acceptors (Lipinski definition) is 5. The van der Waals surface area contributed by atoms with E-state index >= 15 is 0 Å². The number of likely N-dealkylation sites (N-methyl/N-ethyl adjacent to an activating group) is 1. The summed E-state index contributed by atoms with van der Waals surface area (Å²) in [5.74, 6) is 0.836. The number of urea groups is 1. The minimum atomic E-state index is -0.188. The molecule has 3 amide bonds. The maximum Gasteiger partial charge on any atom is 0.320 e. The van der Waals surface area contributed by atoms with Crippen LogP contribution in [0.1, 0.15) is 49.9 Å². The number of rotatable bonds is 8. The molecular weight excluding hydrogens is 466 g/mol. The van der Waals surface area contributed by atoms with E-state index in [2.05, 4.69) is 16.8 Å². The Morgan fingerprint density at radius 3 is 2.43 bits per heavy atom. The summed E-state index contributed by atoms with van der Waals surface area (Å²) in [7, 11) is 1.51. The van der Waals surface area contributed by atoms with E-state index in [1.807, 2.05) is 23.6 Å². The van der Waals surface area contributed by atoms with E-state index in [-0.39, 0.29) is 18.0 Å². The summed E-state index contributed by atoms with van der Waals surface area (Å²) in [4.78, 5) is 32.0. The van der Waals surface area contributed by atoms with E-state index in [4.69, 9.17) is 22.1 Å². The highest BCUT2D eigenvalue weighted by Gasteiger charge is 2.29. The molecule has 0 saturated carbocycles. The minimum absolute atomic E-state index is 0.118. The first-order valence-electron chi connectivity index (χ1n) is 12.6. The van der Waals surface area contributed by atoms with Crippen LogP contribution in [0.4, 0.5) is 10.5 Å². The highest BCUT2D eigenvalue weighted by molar-refractivity contribution is 6.33. The number of carbonyl (C=O) groups is 2. The third-order valence-electron chi connectivity index (χ3n) is 7.00. The fourth-order valence-corrected chi connectivity index (χ4v) is 5.11. The lowest BCUT2D eigenvalue weighted by Crippen LogP contribution is -2.49. The number of ether oxygens (including phenoxy) is 1. The first kappa shape index (κ1) is 27.1. The van der Waals surface area contributed by atoms with Gasteiger partial charge in [0.2, 0.25) is 0 Å². The second kappa shape index (κ2) is 12.5. The highest BCUT2D eigenvalue weighted by Crippen LogP contribution is 2.29. The zero-order valence-electron chi connectivity index (χ0n) is 21.3. The molecule has 2 saturated heterocycles. The summed E-state index contributed by atoms with van der Waals surface area (Å²) >= 11 is 6.12. The predicted molar refractivity (Wildman–Crippen MR) is 141 cm³/mol. The van der Waals surface area contributed by atoms with Crippen LogP contribution in [0.5, 0.6) is 5.75 Å². The van der Waals surface area contributed by atoms with Crippen LogP contribution in [0.25, 0.3) is 0 Å². The number of nitrogens with one attached hydrogen (secondary N) is 1. The number of nitrogen functional groups attached to an aromatic ring is 1. The van der Waals surface area contributed by atoms with E-state index in [0.29, 0.717) is 41.0 Å². The number of nitrogens with zero attached hydrogens (tertiary/aromatic N) is 3. The van der Waals surface area contributed by atoms with Crippen LogP contribution in [-0.4, -0.2) is 85.6 Å². The van der Waals surface area contributed by atoms with Gasteiger partial charge in [0.1, 0.15) is 5.75 Å². The Morgan fingerprint density at radius 1 is 1.20 bits per heavy atom. The molecule has 0 unspecified atom stereocenters. The summed E-state index contributed by atoms with van der Waals surface area (Å²) in [6, 6.07) is 3.39. The number of piperidine rings is 2. The Bertz CT molecular complexity index is 908. The molecule has 0 aliphatic carbocycles. The molecule has 3 N–H and O–H groups in total. The molecule has 0 atom stereocenters. The first-order valence-corrected chi connectivity index (χ1v) is 12.9.